The first-order valence-corrected chi connectivity index (χ1v) is 8.37. The lowest BCUT2D eigenvalue weighted by Gasteiger charge is -2.21. The lowest BCUT2D eigenvalue weighted by atomic mass is 10.2. The SMILES string of the molecule is OCc1csc(N2CCN(Cc3ccccc3)C[C@H](O)C2)n1. The number of anilines is 1. The standard InChI is InChI=1S/C16H21N3O2S/c20-11-14-12-22-16(17-14)19-7-6-18(9-15(21)10-19)8-13-4-2-1-3-5-13/h1-5,12,15,20-21H,6-11H2/t15-/m0/s1. The Labute approximate surface area is 134 Å². The zero-order valence-corrected chi connectivity index (χ0v) is 13.2. The lowest BCUT2D eigenvalue weighted by Crippen LogP contribution is -2.33. The molecule has 2 N–H and O–H groups in total. The van der Waals surface area contributed by atoms with Gasteiger partial charge in [-0.25, -0.2) is 4.98 Å². The van der Waals surface area contributed by atoms with Crippen molar-refractivity contribution in [3.8, 4) is 0 Å². The average Bonchev–Trinajstić information content (AvgIpc) is 2.93. The van der Waals surface area contributed by atoms with Crippen LogP contribution in [0.25, 0.3) is 0 Å². The molecule has 0 amide bonds. The summed E-state index contributed by atoms with van der Waals surface area (Å²) < 4.78 is 0. The van der Waals surface area contributed by atoms with Crippen molar-refractivity contribution in [1.29, 1.82) is 0 Å². The summed E-state index contributed by atoms with van der Waals surface area (Å²) in [6.45, 7) is 3.80. The van der Waals surface area contributed by atoms with Crippen LogP contribution in [0.1, 0.15) is 11.3 Å². The minimum absolute atomic E-state index is 0.0347. The number of aliphatic hydroxyl groups is 2. The lowest BCUT2D eigenvalue weighted by molar-refractivity contribution is 0.129. The molecule has 2 aromatic rings. The highest BCUT2D eigenvalue weighted by atomic mass is 32.1. The Kier molecular flexibility index (Phi) is 5.04. The molecule has 2 heterocycles. The average molecular weight is 319 g/mol. The van der Waals surface area contributed by atoms with Gasteiger partial charge in [0.1, 0.15) is 0 Å². The third-order valence-corrected chi connectivity index (χ3v) is 4.76. The van der Waals surface area contributed by atoms with E-state index >= 15 is 0 Å². The highest BCUT2D eigenvalue weighted by molar-refractivity contribution is 7.13. The first kappa shape index (κ1) is 15.4. The molecular weight excluding hydrogens is 298 g/mol. The van der Waals surface area contributed by atoms with E-state index in [1.807, 2.05) is 23.6 Å². The molecule has 0 saturated carbocycles. The third kappa shape index (κ3) is 3.84. The van der Waals surface area contributed by atoms with Crippen molar-refractivity contribution in [3.63, 3.8) is 0 Å². The second-order valence-electron chi connectivity index (χ2n) is 5.60. The number of hydrogen-bond donors (Lipinski definition) is 2. The Balaban J connectivity index is 1.65. The molecule has 6 heteroatoms. The molecule has 1 fully saturated rings. The smallest absolute Gasteiger partial charge is 0.185 e. The molecule has 3 rings (SSSR count). The summed E-state index contributed by atoms with van der Waals surface area (Å²) in [6.07, 6.45) is -0.396. The second kappa shape index (κ2) is 7.19. The maximum atomic E-state index is 10.3. The number of aromatic nitrogens is 1. The van der Waals surface area contributed by atoms with Gasteiger partial charge in [-0.2, -0.15) is 0 Å². The largest absolute Gasteiger partial charge is 0.390 e. The highest BCUT2D eigenvalue weighted by Crippen LogP contribution is 2.22. The quantitative estimate of drug-likeness (QED) is 0.890. The highest BCUT2D eigenvalue weighted by Gasteiger charge is 2.23. The van der Waals surface area contributed by atoms with Gasteiger partial charge >= 0.3 is 0 Å². The van der Waals surface area contributed by atoms with Gasteiger partial charge in [-0.05, 0) is 5.56 Å². The normalized spacial score (nSPS) is 20.1. The van der Waals surface area contributed by atoms with Gasteiger partial charge in [0.05, 0.1) is 18.4 Å². The monoisotopic (exact) mass is 319 g/mol. The van der Waals surface area contributed by atoms with Crippen LogP contribution >= 0.6 is 11.3 Å². The van der Waals surface area contributed by atoms with E-state index in [4.69, 9.17) is 5.11 Å². The predicted octanol–water partition coefficient (Wildman–Crippen LogP) is 1.32. The summed E-state index contributed by atoms with van der Waals surface area (Å²) >= 11 is 1.52. The first-order chi connectivity index (χ1) is 10.7. The Morgan fingerprint density at radius 3 is 2.73 bits per heavy atom. The topological polar surface area (TPSA) is 59.8 Å². The number of benzene rings is 1. The molecule has 0 spiro atoms. The van der Waals surface area contributed by atoms with Gasteiger partial charge in [0.2, 0.25) is 0 Å². The fourth-order valence-electron chi connectivity index (χ4n) is 2.73. The van der Waals surface area contributed by atoms with Crippen LogP contribution < -0.4 is 4.90 Å². The first-order valence-electron chi connectivity index (χ1n) is 7.49. The van der Waals surface area contributed by atoms with E-state index in [9.17, 15) is 5.11 Å². The van der Waals surface area contributed by atoms with Crippen LogP contribution in [0.15, 0.2) is 35.7 Å². The van der Waals surface area contributed by atoms with Crippen LogP contribution in [0.3, 0.4) is 0 Å². The van der Waals surface area contributed by atoms with Crippen LogP contribution in [-0.2, 0) is 13.2 Å². The van der Waals surface area contributed by atoms with Crippen LogP contribution in [-0.4, -0.2) is 52.4 Å². The van der Waals surface area contributed by atoms with Crippen molar-refractivity contribution in [1.82, 2.24) is 9.88 Å². The summed E-state index contributed by atoms with van der Waals surface area (Å²) in [5.74, 6) is 0. The van der Waals surface area contributed by atoms with Gasteiger partial charge in [0.15, 0.2) is 5.13 Å². The van der Waals surface area contributed by atoms with E-state index in [0.717, 1.165) is 24.8 Å². The molecule has 0 unspecified atom stereocenters. The van der Waals surface area contributed by atoms with Gasteiger partial charge in [-0.15, -0.1) is 11.3 Å². The predicted molar refractivity (Wildman–Crippen MR) is 88.0 cm³/mol. The summed E-state index contributed by atoms with van der Waals surface area (Å²) in [5, 5.41) is 22.2. The molecular formula is C16H21N3O2S. The van der Waals surface area contributed by atoms with Gasteiger partial charge in [0.25, 0.3) is 0 Å². The summed E-state index contributed by atoms with van der Waals surface area (Å²) in [5.41, 5.74) is 1.96. The van der Waals surface area contributed by atoms with Crippen molar-refractivity contribution >= 4 is 16.5 Å². The number of rotatable bonds is 4. The minimum atomic E-state index is -0.396. The second-order valence-corrected chi connectivity index (χ2v) is 6.44. The van der Waals surface area contributed by atoms with Gasteiger partial charge in [0, 0.05) is 38.1 Å². The van der Waals surface area contributed by atoms with Crippen molar-refractivity contribution in [3.05, 3.63) is 47.0 Å². The van der Waals surface area contributed by atoms with Crippen molar-refractivity contribution in [2.75, 3.05) is 31.1 Å². The molecule has 1 aliphatic heterocycles. The summed E-state index contributed by atoms with van der Waals surface area (Å²) in [7, 11) is 0. The fraction of sp³-hybridized carbons (Fsp3) is 0.438. The Morgan fingerprint density at radius 2 is 2.00 bits per heavy atom. The minimum Gasteiger partial charge on any atom is -0.390 e. The molecule has 1 atom stereocenters. The van der Waals surface area contributed by atoms with Crippen LogP contribution in [0.5, 0.6) is 0 Å². The maximum Gasteiger partial charge on any atom is 0.185 e. The molecule has 1 aromatic heterocycles. The van der Waals surface area contributed by atoms with Crippen LogP contribution in [0, 0.1) is 0 Å². The van der Waals surface area contributed by atoms with Crippen molar-refractivity contribution in [2.24, 2.45) is 0 Å². The van der Waals surface area contributed by atoms with Gasteiger partial charge in [-0.3, -0.25) is 4.90 Å². The molecule has 5 nitrogen and oxygen atoms in total. The van der Waals surface area contributed by atoms with Gasteiger partial charge < -0.3 is 15.1 Å². The van der Waals surface area contributed by atoms with E-state index in [-0.39, 0.29) is 6.61 Å². The maximum absolute atomic E-state index is 10.3. The Morgan fingerprint density at radius 1 is 1.18 bits per heavy atom. The third-order valence-electron chi connectivity index (χ3n) is 3.81. The van der Waals surface area contributed by atoms with E-state index in [1.165, 1.54) is 16.9 Å². The molecule has 0 aliphatic carbocycles. The van der Waals surface area contributed by atoms with Gasteiger partial charge in [-0.1, -0.05) is 30.3 Å². The molecule has 1 saturated heterocycles. The van der Waals surface area contributed by atoms with E-state index in [1.54, 1.807) is 0 Å². The molecule has 0 bridgehead atoms. The number of aliphatic hydroxyl groups excluding tert-OH is 2. The zero-order chi connectivity index (χ0) is 15.4. The fourth-order valence-corrected chi connectivity index (χ4v) is 3.58. The number of hydrogen-bond acceptors (Lipinski definition) is 6. The Bertz CT molecular complexity index is 590. The molecule has 118 valence electrons. The van der Waals surface area contributed by atoms with E-state index in [0.29, 0.717) is 18.8 Å². The number of β-amino-alcohol motifs (C(OH)–C–C–N with tert-alkyl or cyclic N) is 1. The van der Waals surface area contributed by atoms with Crippen LogP contribution in [0.2, 0.25) is 0 Å². The Hall–Kier alpha value is -1.47. The molecule has 1 aromatic carbocycles. The molecule has 0 radical (unpaired) electrons. The zero-order valence-electron chi connectivity index (χ0n) is 12.4. The summed E-state index contributed by atoms with van der Waals surface area (Å²) in [4.78, 5) is 8.79. The number of thiazole rings is 1. The van der Waals surface area contributed by atoms with Crippen molar-refractivity contribution in [2.45, 2.75) is 19.3 Å². The van der Waals surface area contributed by atoms with E-state index < -0.39 is 6.10 Å². The summed E-state index contributed by atoms with van der Waals surface area (Å²) in [6, 6.07) is 10.3. The van der Waals surface area contributed by atoms with E-state index in [2.05, 4.69) is 26.9 Å². The van der Waals surface area contributed by atoms with Crippen LogP contribution in [0.4, 0.5) is 5.13 Å². The number of nitrogens with zero attached hydrogens (tertiary/aromatic N) is 3. The molecule has 22 heavy (non-hydrogen) atoms. The van der Waals surface area contributed by atoms with Crippen molar-refractivity contribution < 1.29 is 10.2 Å². The molecule has 1 aliphatic rings.